The molecule has 1 atom stereocenters. The van der Waals surface area contributed by atoms with Gasteiger partial charge in [0.05, 0.1) is 0 Å². The third-order valence-corrected chi connectivity index (χ3v) is 4.69. The molecule has 3 nitrogen and oxygen atoms in total. The van der Waals surface area contributed by atoms with Crippen LogP contribution in [0.5, 0.6) is 0 Å². The molecule has 1 fully saturated rings. The maximum absolute atomic E-state index is 11.0. The summed E-state index contributed by atoms with van der Waals surface area (Å²) in [7, 11) is 0. The Bertz CT molecular complexity index is 447. The lowest BCUT2D eigenvalue weighted by molar-refractivity contribution is -0.692. The first-order valence-corrected chi connectivity index (χ1v) is 8.29. The Balaban J connectivity index is 2.05. The Morgan fingerprint density at radius 2 is 1.81 bits per heavy atom. The van der Waals surface area contributed by atoms with Gasteiger partial charge in [-0.05, 0) is 24.3 Å². The minimum absolute atomic E-state index is 0.250. The molecule has 0 spiro atoms. The van der Waals surface area contributed by atoms with Crippen LogP contribution in [0.15, 0.2) is 24.3 Å². The van der Waals surface area contributed by atoms with Gasteiger partial charge < -0.3 is 11.1 Å². The monoisotopic (exact) mass is 289 g/mol. The lowest BCUT2D eigenvalue weighted by atomic mass is 9.83. The number of carbonyl (C=O) groups is 1. The third kappa shape index (κ3) is 4.57. The molecular formula is C18H29N2O+. The number of carbonyl (C=O) groups excluding carboxylic acids is 1. The van der Waals surface area contributed by atoms with E-state index in [2.05, 4.69) is 43.4 Å². The van der Waals surface area contributed by atoms with Crippen molar-refractivity contribution >= 4 is 5.91 Å². The van der Waals surface area contributed by atoms with Crippen LogP contribution in [0.1, 0.15) is 69.0 Å². The maximum atomic E-state index is 11.0. The first-order valence-electron chi connectivity index (χ1n) is 8.29. The number of primary amides is 1. The maximum Gasteiger partial charge on any atom is 0.272 e. The Morgan fingerprint density at radius 1 is 1.19 bits per heavy atom. The highest BCUT2D eigenvalue weighted by molar-refractivity contribution is 5.74. The van der Waals surface area contributed by atoms with Gasteiger partial charge in [-0.15, -0.1) is 0 Å². The average molecular weight is 289 g/mol. The van der Waals surface area contributed by atoms with E-state index in [0.717, 1.165) is 5.92 Å². The molecule has 0 saturated heterocycles. The van der Waals surface area contributed by atoms with E-state index in [1.165, 1.54) is 43.2 Å². The van der Waals surface area contributed by atoms with Crippen molar-refractivity contribution < 1.29 is 10.1 Å². The van der Waals surface area contributed by atoms with Gasteiger partial charge in [-0.2, -0.15) is 0 Å². The van der Waals surface area contributed by atoms with E-state index in [1.807, 2.05) is 0 Å². The van der Waals surface area contributed by atoms with E-state index in [-0.39, 0.29) is 5.91 Å². The number of nitrogens with two attached hydrogens (primary N) is 2. The molecule has 2 rings (SSSR count). The normalized spacial score (nSPS) is 17.9. The van der Waals surface area contributed by atoms with Crippen LogP contribution in [0, 0.1) is 5.92 Å². The van der Waals surface area contributed by atoms with Gasteiger partial charge >= 0.3 is 0 Å². The molecule has 0 unspecified atom stereocenters. The Hall–Kier alpha value is -1.35. The third-order valence-electron chi connectivity index (χ3n) is 4.69. The highest BCUT2D eigenvalue weighted by Gasteiger charge is 2.21. The molecule has 0 aliphatic heterocycles. The summed E-state index contributed by atoms with van der Waals surface area (Å²) in [6.07, 6.45) is 6.80. The van der Waals surface area contributed by atoms with Crippen LogP contribution in [0.2, 0.25) is 0 Å². The van der Waals surface area contributed by atoms with Crippen LogP contribution in [-0.4, -0.2) is 12.5 Å². The Labute approximate surface area is 128 Å². The Morgan fingerprint density at radius 3 is 2.33 bits per heavy atom. The van der Waals surface area contributed by atoms with Crippen molar-refractivity contribution in [1.29, 1.82) is 0 Å². The second-order valence-electron chi connectivity index (χ2n) is 6.68. The van der Waals surface area contributed by atoms with Crippen molar-refractivity contribution in [2.24, 2.45) is 11.7 Å². The summed E-state index contributed by atoms with van der Waals surface area (Å²) in [5, 5.41) is 2.06. The molecule has 1 amide bonds. The van der Waals surface area contributed by atoms with Crippen LogP contribution in [0.3, 0.4) is 0 Å². The fourth-order valence-electron chi connectivity index (χ4n) is 3.46. The lowest BCUT2D eigenvalue weighted by Gasteiger charge is -2.23. The van der Waals surface area contributed by atoms with Crippen LogP contribution in [0.4, 0.5) is 0 Å². The Kier molecular flexibility index (Phi) is 5.80. The van der Waals surface area contributed by atoms with Crippen LogP contribution < -0.4 is 11.1 Å². The molecule has 116 valence electrons. The van der Waals surface area contributed by atoms with Gasteiger partial charge in [0.2, 0.25) is 0 Å². The molecule has 0 heterocycles. The summed E-state index contributed by atoms with van der Waals surface area (Å²) in [4.78, 5) is 11.0. The minimum Gasteiger partial charge on any atom is -0.365 e. The van der Waals surface area contributed by atoms with Gasteiger partial charge in [-0.3, -0.25) is 4.79 Å². The predicted octanol–water partition coefficient (Wildman–Crippen LogP) is 2.48. The molecule has 1 aliphatic rings. The highest BCUT2D eigenvalue weighted by Crippen LogP contribution is 2.33. The topological polar surface area (TPSA) is 59.7 Å². The van der Waals surface area contributed by atoms with Crippen molar-refractivity contribution in [2.45, 2.75) is 57.9 Å². The lowest BCUT2D eigenvalue weighted by Crippen LogP contribution is -2.88. The summed E-state index contributed by atoms with van der Waals surface area (Å²) in [5.74, 6) is 0.976. The van der Waals surface area contributed by atoms with Crippen molar-refractivity contribution in [3.8, 4) is 0 Å². The SMILES string of the molecule is CC(C)[C@@H]([NH2+]CC(N)=O)c1ccc(C2CCCCC2)cc1. The van der Waals surface area contributed by atoms with E-state index in [0.29, 0.717) is 18.5 Å². The van der Waals surface area contributed by atoms with E-state index in [9.17, 15) is 4.79 Å². The van der Waals surface area contributed by atoms with Gasteiger partial charge in [0.1, 0.15) is 6.04 Å². The number of rotatable bonds is 6. The predicted molar refractivity (Wildman–Crippen MR) is 85.8 cm³/mol. The van der Waals surface area contributed by atoms with Gasteiger partial charge in [-0.25, -0.2) is 0 Å². The van der Waals surface area contributed by atoms with Crippen molar-refractivity contribution in [2.75, 3.05) is 6.54 Å². The number of benzene rings is 1. The summed E-state index contributed by atoms with van der Waals surface area (Å²) in [6.45, 7) is 4.74. The molecule has 0 bridgehead atoms. The fraction of sp³-hybridized carbons (Fsp3) is 0.611. The van der Waals surface area contributed by atoms with Crippen molar-refractivity contribution in [3.63, 3.8) is 0 Å². The van der Waals surface area contributed by atoms with Gasteiger partial charge in [-0.1, -0.05) is 57.4 Å². The fourth-order valence-corrected chi connectivity index (χ4v) is 3.46. The smallest absolute Gasteiger partial charge is 0.272 e. The number of hydrogen-bond acceptors (Lipinski definition) is 1. The van der Waals surface area contributed by atoms with Gasteiger partial charge in [0, 0.05) is 11.5 Å². The van der Waals surface area contributed by atoms with Gasteiger partial charge in [0.15, 0.2) is 6.54 Å². The first-order chi connectivity index (χ1) is 10.1. The van der Waals surface area contributed by atoms with Crippen molar-refractivity contribution in [3.05, 3.63) is 35.4 Å². The number of quaternary nitrogens is 1. The standard InChI is InChI=1S/C18H28N2O/c1-13(2)18(20-12-17(19)21)16-10-8-15(9-11-16)14-6-4-3-5-7-14/h8-11,13-14,18,20H,3-7,12H2,1-2H3,(H2,19,21)/p+1/t18-/m1/s1. The quantitative estimate of drug-likeness (QED) is 0.830. The molecule has 1 aromatic rings. The second kappa shape index (κ2) is 7.60. The molecule has 4 N–H and O–H groups in total. The molecule has 1 aromatic carbocycles. The zero-order chi connectivity index (χ0) is 15.2. The van der Waals surface area contributed by atoms with E-state index >= 15 is 0 Å². The summed E-state index contributed by atoms with van der Waals surface area (Å²) in [6, 6.07) is 9.37. The average Bonchev–Trinajstić information content (AvgIpc) is 2.48. The van der Waals surface area contributed by atoms with E-state index < -0.39 is 0 Å². The zero-order valence-electron chi connectivity index (χ0n) is 13.3. The molecule has 0 aromatic heterocycles. The molecule has 3 heteroatoms. The van der Waals surface area contributed by atoms with Crippen LogP contribution in [-0.2, 0) is 4.79 Å². The summed E-state index contributed by atoms with van der Waals surface area (Å²) in [5.41, 5.74) is 8.05. The number of hydrogen-bond donors (Lipinski definition) is 2. The van der Waals surface area contributed by atoms with E-state index in [4.69, 9.17) is 5.73 Å². The van der Waals surface area contributed by atoms with E-state index in [1.54, 1.807) is 0 Å². The minimum atomic E-state index is -0.250. The van der Waals surface area contributed by atoms with Gasteiger partial charge in [0.25, 0.3) is 5.91 Å². The largest absolute Gasteiger partial charge is 0.365 e. The van der Waals surface area contributed by atoms with Crippen LogP contribution in [0.25, 0.3) is 0 Å². The molecule has 0 radical (unpaired) electrons. The second-order valence-corrected chi connectivity index (χ2v) is 6.68. The highest BCUT2D eigenvalue weighted by atomic mass is 16.1. The zero-order valence-corrected chi connectivity index (χ0v) is 13.3. The van der Waals surface area contributed by atoms with Crippen molar-refractivity contribution in [1.82, 2.24) is 0 Å². The first kappa shape index (κ1) is 16.0. The molecule has 21 heavy (non-hydrogen) atoms. The molecular weight excluding hydrogens is 260 g/mol. The summed E-state index contributed by atoms with van der Waals surface area (Å²) >= 11 is 0. The van der Waals surface area contributed by atoms with Crippen LogP contribution >= 0.6 is 0 Å². The summed E-state index contributed by atoms with van der Waals surface area (Å²) < 4.78 is 0. The number of amides is 1. The molecule has 1 aliphatic carbocycles. The molecule has 1 saturated carbocycles.